The minimum atomic E-state index is -0.486. The molecule has 1 aliphatic heterocycles. The molecule has 3 aromatic rings. The van der Waals surface area contributed by atoms with Gasteiger partial charge in [0.15, 0.2) is 5.65 Å². The maximum Gasteiger partial charge on any atom is 0.410 e. The summed E-state index contributed by atoms with van der Waals surface area (Å²) < 4.78 is 7.28. The van der Waals surface area contributed by atoms with E-state index >= 15 is 0 Å². The molecular formula is C20H24N6O2. The molecule has 0 aliphatic carbocycles. The fourth-order valence-corrected chi connectivity index (χ4v) is 3.25. The third-order valence-corrected chi connectivity index (χ3v) is 4.53. The summed E-state index contributed by atoms with van der Waals surface area (Å²) in [5, 5.41) is 8.12. The normalized spacial score (nSPS) is 17.1. The first kappa shape index (κ1) is 18.2. The standard InChI is InChI=1S/C20H24N6O2/c1-20(2,3)28-19(27)25-11-8-15(13-25)23-17-4-5-18-22-12-16(26(18)24-17)14-6-9-21-10-7-14/h4-7,9-10,12,15H,8,11,13H2,1-3H3,(H,23,24)/t15-/m1/s1. The van der Waals surface area contributed by atoms with Crippen molar-refractivity contribution in [2.24, 2.45) is 0 Å². The molecule has 1 aliphatic rings. The zero-order chi connectivity index (χ0) is 19.7. The lowest BCUT2D eigenvalue weighted by molar-refractivity contribution is 0.0293. The summed E-state index contributed by atoms with van der Waals surface area (Å²) in [4.78, 5) is 22.5. The molecule has 1 amide bonds. The molecule has 0 aromatic carbocycles. The number of anilines is 1. The highest BCUT2D eigenvalue weighted by Crippen LogP contribution is 2.21. The van der Waals surface area contributed by atoms with Gasteiger partial charge in [0.25, 0.3) is 0 Å². The van der Waals surface area contributed by atoms with Crippen molar-refractivity contribution in [1.82, 2.24) is 24.5 Å². The van der Waals surface area contributed by atoms with E-state index in [9.17, 15) is 4.79 Å². The molecule has 4 heterocycles. The van der Waals surface area contributed by atoms with Crippen LogP contribution in [0.25, 0.3) is 16.9 Å². The Labute approximate surface area is 163 Å². The zero-order valence-electron chi connectivity index (χ0n) is 16.3. The van der Waals surface area contributed by atoms with Crippen molar-refractivity contribution in [3.8, 4) is 11.3 Å². The van der Waals surface area contributed by atoms with Crippen molar-refractivity contribution in [2.75, 3.05) is 18.4 Å². The summed E-state index contributed by atoms with van der Waals surface area (Å²) >= 11 is 0. The Morgan fingerprint density at radius 3 is 2.75 bits per heavy atom. The van der Waals surface area contributed by atoms with Gasteiger partial charge >= 0.3 is 6.09 Å². The van der Waals surface area contributed by atoms with E-state index in [0.717, 1.165) is 29.1 Å². The highest BCUT2D eigenvalue weighted by atomic mass is 16.6. The van der Waals surface area contributed by atoms with Crippen molar-refractivity contribution in [3.63, 3.8) is 0 Å². The molecule has 4 rings (SSSR count). The molecule has 1 N–H and O–H groups in total. The van der Waals surface area contributed by atoms with Gasteiger partial charge in [-0.1, -0.05) is 0 Å². The van der Waals surface area contributed by atoms with Gasteiger partial charge in [0.2, 0.25) is 0 Å². The van der Waals surface area contributed by atoms with Crippen LogP contribution in [0.3, 0.4) is 0 Å². The topological polar surface area (TPSA) is 84.6 Å². The second-order valence-corrected chi connectivity index (χ2v) is 7.92. The van der Waals surface area contributed by atoms with Crippen LogP contribution < -0.4 is 5.32 Å². The summed E-state index contributed by atoms with van der Waals surface area (Å²) in [5.74, 6) is 0.747. The van der Waals surface area contributed by atoms with Gasteiger partial charge in [0, 0.05) is 37.1 Å². The number of ether oxygens (including phenoxy) is 1. The average molecular weight is 380 g/mol. The number of likely N-dealkylation sites (tertiary alicyclic amines) is 1. The third kappa shape index (κ3) is 3.90. The number of aromatic nitrogens is 4. The van der Waals surface area contributed by atoms with Crippen LogP contribution in [-0.2, 0) is 4.74 Å². The Balaban J connectivity index is 1.48. The smallest absolute Gasteiger partial charge is 0.410 e. The number of rotatable bonds is 3. The number of hydrogen-bond acceptors (Lipinski definition) is 6. The number of amides is 1. The van der Waals surface area contributed by atoms with Gasteiger partial charge < -0.3 is 15.0 Å². The predicted octanol–water partition coefficient (Wildman–Crippen LogP) is 3.21. The van der Waals surface area contributed by atoms with E-state index in [-0.39, 0.29) is 12.1 Å². The Bertz CT molecular complexity index is 979. The second kappa shape index (κ2) is 7.10. The van der Waals surface area contributed by atoms with Gasteiger partial charge in [0.1, 0.15) is 11.4 Å². The van der Waals surface area contributed by atoms with Crippen molar-refractivity contribution >= 4 is 17.6 Å². The van der Waals surface area contributed by atoms with Crippen LogP contribution >= 0.6 is 0 Å². The van der Waals surface area contributed by atoms with Gasteiger partial charge in [-0.3, -0.25) is 4.98 Å². The number of imidazole rings is 1. The SMILES string of the molecule is CC(C)(C)OC(=O)N1CC[C@@H](Nc2ccc3ncc(-c4ccncc4)n3n2)C1. The summed E-state index contributed by atoms with van der Waals surface area (Å²) in [6, 6.07) is 7.84. The highest BCUT2D eigenvalue weighted by Gasteiger charge is 2.30. The van der Waals surface area contributed by atoms with Gasteiger partial charge in [-0.05, 0) is 51.5 Å². The van der Waals surface area contributed by atoms with Crippen molar-refractivity contribution in [3.05, 3.63) is 42.9 Å². The highest BCUT2D eigenvalue weighted by molar-refractivity contribution is 5.68. The van der Waals surface area contributed by atoms with E-state index in [2.05, 4.69) is 15.3 Å². The first-order valence-electron chi connectivity index (χ1n) is 9.39. The summed E-state index contributed by atoms with van der Waals surface area (Å²) in [5.41, 5.74) is 2.20. The molecule has 8 heteroatoms. The molecule has 0 radical (unpaired) electrons. The van der Waals surface area contributed by atoms with Crippen LogP contribution in [0.15, 0.2) is 42.9 Å². The Morgan fingerprint density at radius 2 is 2.00 bits per heavy atom. The fourth-order valence-electron chi connectivity index (χ4n) is 3.25. The number of fused-ring (bicyclic) bond motifs is 1. The van der Waals surface area contributed by atoms with E-state index in [0.29, 0.717) is 13.1 Å². The molecule has 1 atom stereocenters. The molecular weight excluding hydrogens is 356 g/mol. The summed E-state index contributed by atoms with van der Waals surface area (Å²) in [7, 11) is 0. The quantitative estimate of drug-likeness (QED) is 0.751. The lowest BCUT2D eigenvalue weighted by Crippen LogP contribution is -2.36. The minimum absolute atomic E-state index is 0.130. The first-order valence-corrected chi connectivity index (χ1v) is 9.39. The van der Waals surface area contributed by atoms with Crippen LogP contribution in [0.1, 0.15) is 27.2 Å². The third-order valence-electron chi connectivity index (χ3n) is 4.53. The van der Waals surface area contributed by atoms with E-state index in [1.165, 1.54) is 0 Å². The fraction of sp³-hybridized carbons (Fsp3) is 0.400. The molecule has 1 fully saturated rings. The van der Waals surface area contributed by atoms with Crippen LogP contribution in [0.5, 0.6) is 0 Å². The molecule has 28 heavy (non-hydrogen) atoms. The number of pyridine rings is 1. The van der Waals surface area contributed by atoms with E-state index in [1.54, 1.807) is 23.5 Å². The zero-order valence-corrected chi connectivity index (χ0v) is 16.3. The van der Waals surface area contributed by atoms with Gasteiger partial charge in [-0.15, -0.1) is 5.10 Å². The molecule has 146 valence electrons. The second-order valence-electron chi connectivity index (χ2n) is 7.92. The Morgan fingerprint density at radius 1 is 1.21 bits per heavy atom. The van der Waals surface area contributed by atoms with Gasteiger partial charge in [-0.2, -0.15) is 0 Å². The van der Waals surface area contributed by atoms with Crippen LogP contribution in [0, 0.1) is 0 Å². The van der Waals surface area contributed by atoms with Gasteiger partial charge in [0.05, 0.1) is 11.9 Å². The number of carbonyl (C=O) groups excluding carboxylic acids is 1. The van der Waals surface area contributed by atoms with Crippen molar-refractivity contribution in [2.45, 2.75) is 38.8 Å². The van der Waals surface area contributed by atoms with Crippen LogP contribution in [0.4, 0.5) is 10.6 Å². The largest absolute Gasteiger partial charge is 0.444 e. The average Bonchev–Trinajstić information content (AvgIpc) is 3.28. The Hall–Kier alpha value is -3.16. The molecule has 0 spiro atoms. The first-order chi connectivity index (χ1) is 13.4. The maximum atomic E-state index is 12.2. The molecule has 1 saturated heterocycles. The number of nitrogens with zero attached hydrogens (tertiary/aromatic N) is 5. The van der Waals surface area contributed by atoms with E-state index in [1.807, 2.05) is 49.6 Å². The van der Waals surface area contributed by atoms with Crippen molar-refractivity contribution < 1.29 is 9.53 Å². The van der Waals surface area contributed by atoms with E-state index < -0.39 is 5.60 Å². The number of hydrogen-bond donors (Lipinski definition) is 1. The minimum Gasteiger partial charge on any atom is -0.444 e. The summed E-state index contributed by atoms with van der Waals surface area (Å²) in [6.45, 7) is 6.89. The lowest BCUT2D eigenvalue weighted by atomic mass is 10.2. The van der Waals surface area contributed by atoms with Crippen LogP contribution in [0.2, 0.25) is 0 Å². The molecule has 8 nitrogen and oxygen atoms in total. The monoisotopic (exact) mass is 380 g/mol. The van der Waals surface area contributed by atoms with Gasteiger partial charge in [-0.25, -0.2) is 14.3 Å². The maximum absolute atomic E-state index is 12.2. The summed E-state index contributed by atoms with van der Waals surface area (Å²) in [6.07, 6.45) is 5.89. The number of carbonyl (C=O) groups is 1. The van der Waals surface area contributed by atoms with E-state index in [4.69, 9.17) is 9.84 Å². The Kier molecular flexibility index (Phi) is 4.62. The molecule has 0 saturated carbocycles. The molecule has 0 unspecified atom stereocenters. The van der Waals surface area contributed by atoms with Crippen molar-refractivity contribution in [1.29, 1.82) is 0 Å². The number of nitrogens with one attached hydrogen (secondary N) is 1. The molecule has 3 aromatic heterocycles. The lowest BCUT2D eigenvalue weighted by Gasteiger charge is -2.24. The predicted molar refractivity (Wildman–Crippen MR) is 106 cm³/mol. The van der Waals surface area contributed by atoms with Crippen LogP contribution in [-0.4, -0.2) is 55.3 Å². The molecule has 0 bridgehead atoms.